The molecule has 0 amide bonds. The molecule has 0 spiro atoms. The van der Waals surface area contributed by atoms with E-state index in [2.05, 4.69) is 38.0 Å². The number of thioether (sulfide) groups is 1. The van der Waals surface area contributed by atoms with E-state index in [0.29, 0.717) is 11.5 Å². The topological polar surface area (TPSA) is 21.3 Å². The van der Waals surface area contributed by atoms with Gasteiger partial charge in [0.25, 0.3) is 0 Å². The number of hydrogen-bond donors (Lipinski definition) is 1. The second-order valence-electron chi connectivity index (χ2n) is 5.48. The number of rotatable bonds is 3. The van der Waals surface area contributed by atoms with E-state index in [4.69, 9.17) is 4.74 Å². The van der Waals surface area contributed by atoms with Crippen molar-refractivity contribution in [2.24, 2.45) is 5.41 Å². The van der Waals surface area contributed by atoms with Gasteiger partial charge in [-0.05, 0) is 25.3 Å². The third kappa shape index (κ3) is 2.51. The second kappa shape index (κ2) is 4.64. The van der Waals surface area contributed by atoms with E-state index in [9.17, 15) is 0 Å². The average molecular weight is 229 g/mol. The van der Waals surface area contributed by atoms with Crippen molar-refractivity contribution in [2.75, 3.05) is 20.3 Å². The normalized spacial score (nSPS) is 36.2. The minimum Gasteiger partial charge on any atom is -0.379 e. The largest absolute Gasteiger partial charge is 0.379 e. The van der Waals surface area contributed by atoms with Crippen molar-refractivity contribution < 1.29 is 4.74 Å². The first-order valence-electron chi connectivity index (χ1n) is 6.04. The Hall–Kier alpha value is 0.270. The predicted octanol–water partition coefficient (Wildman–Crippen LogP) is 2.29. The summed E-state index contributed by atoms with van der Waals surface area (Å²) in [6.45, 7) is 6.74. The molecule has 1 aliphatic heterocycles. The highest BCUT2D eigenvalue weighted by Crippen LogP contribution is 2.42. The van der Waals surface area contributed by atoms with Gasteiger partial charge in [0.1, 0.15) is 0 Å². The van der Waals surface area contributed by atoms with E-state index in [1.165, 1.54) is 19.3 Å². The van der Waals surface area contributed by atoms with Crippen LogP contribution in [-0.4, -0.2) is 36.8 Å². The van der Waals surface area contributed by atoms with Crippen molar-refractivity contribution in [3.63, 3.8) is 0 Å². The van der Waals surface area contributed by atoms with E-state index in [1.54, 1.807) is 0 Å². The molecule has 1 aliphatic carbocycles. The van der Waals surface area contributed by atoms with Gasteiger partial charge in [-0.3, -0.25) is 0 Å². The zero-order valence-electron chi connectivity index (χ0n) is 10.1. The molecule has 1 N–H and O–H groups in total. The van der Waals surface area contributed by atoms with E-state index < -0.39 is 0 Å². The molecule has 0 radical (unpaired) electrons. The number of nitrogens with one attached hydrogen (secondary N) is 1. The first-order chi connectivity index (χ1) is 7.13. The third-order valence-electron chi connectivity index (χ3n) is 3.81. The molecule has 0 bridgehead atoms. The van der Waals surface area contributed by atoms with Crippen LogP contribution >= 0.6 is 11.8 Å². The van der Waals surface area contributed by atoms with Gasteiger partial charge in [0, 0.05) is 11.3 Å². The zero-order chi connectivity index (χ0) is 10.9. The van der Waals surface area contributed by atoms with Gasteiger partial charge in [0.15, 0.2) is 0 Å². The lowest BCUT2D eigenvalue weighted by molar-refractivity contribution is 0.0447. The van der Waals surface area contributed by atoms with Crippen LogP contribution in [0.25, 0.3) is 0 Å². The van der Waals surface area contributed by atoms with Gasteiger partial charge in [-0.15, -0.1) is 11.8 Å². The van der Waals surface area contributed by atoms with E-state index in [0.717, 1.165) is 23.7 Å². The van der Waals surface area contributed by atoms with Crippen molar-refractivity contribution in [3.8, 4) is 0 Å². The van der Waals surface area contributed by atoms with Gasteiger partial charge in [0.05, 0.1) is 18.5 Å². The zero-order valence-corrected chi connectivity index (χ0v) is 10.9. The van der Waals surface area contributed by atoms with Gasteiger partial charge >= 0.3 is 0 Å². The standard InChI is InChI=1S/C12H23NOS/c1-12(2)6-4-5-10(11(12)13-3)15-9-7-14-8-9/h9-11,13H,4-8H2,1-3H3. The van der Waals surface area contributed by atoms with Crippen molar-refractivity contribution >= 4 is 11.8 Å². The highest BCUT2D eigenvalue weighted by molar-refractivity contribution is 8.00. The van der Waals surface area contributed by atoms with Crippen LogP contribution in [0.3, 0.4) is 0 Å². The number of ether oxygens (including phenoxy) is 1. The molecule has 88 valence electrons. The Morgan fingerprint density at radius 1 is 1.33 bits per heavy atom. The van der Waals surface area contributed by atoms with Gasteiger partial charge in [-0.25, -0.2) is 0 Å². The summed E-state index contributed by atoms with van der Waals surface area (Å²) in [5.41, 5.74) is 0.454. The summed E-state index contributed by atoms with van der Waals surface area (Å²) in [7, 11) is 2.11. The lowest BCUT2D eigenvalue weighted by Gasteiger charge is -2.45. The lowest BCUT2D eigenvalue weighted by Crippen LogP contribution is -2.51. The van der Waals surface area contributed by atoms with Gasteiger partial charge in [-0.1, -0.05) is 20.3 Å². The van der Waals surface area contributed by atoms with E-state index in [-0.39, 0.29) is 0 Å². The summed E-state index contributed by atoms with van der Waals surface area (Å²) in [5.74, 6) is 0. The van der Waals surface area contributed by atoms with Gasteiger partial charge < -0.3 is 10.1 Å². The molecule has 0 aromatic rings. The van der Waals surface area contributed by atoms with E-state index >= 15 is 0 Å². The van der Waals surface area contributed by atoms with Crippen LogP contribution in [-0.2, 0) is 4.74 Å². The number of hydrogen-bond acceptors (Lipinski definition) is 3. The quantitative estimate of drug-likeness (QED) is 0.802. The molecule has 2 fully saturated rings. The minimum atomic E-state index is 0.454. The summed E-state index contributed by atoms with van der Waals surface area (Å²) >= 11 is 2.15. The molecule has 2 unspecified atom stereocenters. The van der Waals surface area contributed by atoms with Crippen LogP contribution in [0.4, 0.5) is 0 Å². The summed E-state index contributed by atoms with van der Waals surface area (Å²) in [6.07, 6.45) is 4.11. The van der Waals surface area contributed by atoms with Crippen LogP contribution in [0.1, 0.15) is 33.1 Å². The highest BCUT2D eigenvalue weighted by atomic mass is 32.2. The molecule has 1 saturated carbocycles. The third-order valence-corrected chi connectivity index (χ3v) is 5.32. The molecule has 2 rings (SSSR count). The summed E-state index contributed by atoms with van der Waals surface area (Å²) in [4.78, 5) is 0. The van der Waals surface area contributed by atoms with Crippen molar-refractivity contribution in [3.05, 3.63) is 0 Å². The molecule has 2 nitrogen and oxygen atoms in total. The van der Waals surface area contributed by atoms with Crippen molar-refractivity contribution in [1.29, 1.82) is 0 Å². The molecule has 15 heavy (non-hydrogen) atoms. The Morgan fingerprint density at radius 2 is 2.07 bits per heavy atom. The molecular formula is C12H23NOS. The van der Waals surface area contributed by atoms with Crippen LogP contribution in [0.2, 0.25) is 0 Å². The Labute approximate surface area is 97.5 Å². The average Bonchev–Trinajstić information content (AvgIpc) is 2.10. The lowest BCUT2D eigenvalue weighted by atomic mass is 9.73. The summed E-state index contributed by atoms with van der Waals surface area (Å²) < 4.78 is 5.26. The minimum absolute atomic E-state index is 0.454. The molecule has 3 heteroatoms. The first-order valence-corrected chi connectivity index (χ1v) is 6.98. The Morgan fingerprint density at radius 3 is 2.60 bits per heavy atom. The fraction of sp³-hybridized carbons (Fsp3) is 1.00. The summed E-state index contributed by atoms with van der Waals surface area (Å²) in [6, 6.07) is 0.664. The summed E-state index contributed by atoms with van der Waals surface area (Å²) in [5, 5.41) is 5.08. The molecule has 1 heterocycles. The van der Waals surface area contributed by atoms with Gasteiger partial charge in [0.2, 0.25) is 0 Å². The van der Waals surface area contributed by atoms with Gasteiger partial charge in [-0.2, -0.15) is 0 Å². The maximum absolute atomic E-state index is 5.26. The maximum Gasteiger partial charge on any atom is 0.0608 e. The maximum atomic E-state index is 5.26. The Bertz CT molecular complexity index is 216. The fourth-order valence-electron chi connectivity index (χ4n) is 2.85. The second-order valence-corrected chi connectivity index (χ2v) is 7.03. The molecular weight excluding hydrogens is 206 g/mol. The Balaban J connectivity index is 1.95. The monoisotopic (exact) mass is 229 g/mol. The smallest absolute Gasteiger partial charge is 0.0608 e. The first kappa shape index (κ1) is 11.7. The molecule has 2 aliphatic rings. The fourth-order valence-corrected chi connectivity index (χ4v) is 4.66. The molecule has 0 aromatic carbocycles. The van der Waals surface area contributed by atoms with Crippen LogP contribution in [0, 0.1) is 5.41 Å². The van der Waals surface area contributed by atoms with Crippen LogP contribution in [0.5, 0.6) is 0 Å². The van der Waals surface area contributed by atoms with Crippen molar-refractivity contribution in [2.45, 2.75) is 49.7 Å². The molecule has 0 aromatic heterocycles. The Kier molecular flexibility index (Phi) is 3.63. The molecule has 1 saturated heterocycles. The SMILES string of the molecule is CNC1C(SC2COC2)CCCC1(C)C. The highest BCUT2D eigenvalue weighted by Gasteiger charge is 2.39. The molecule has 2 atom stereocenters. The van der Waals surface area contributed by atoms with Crippen molar-refractivity contribution in [1.82, 2.24) is 5.32 Å². The van der Waals surface area contributed by atoms with Crippen LogP contribution in [0.15, 0.2) is 0 Å². The predicted molar refractivity (Wildman–Crippen MR) is 66.5 cm³/mol. The van der Waals surface area contributed by atoms with E-state index in [1.807, 2.05) is 0 Å². The van der Waals surface area contributed by atoms with Crippen LogP contribution < -0.4 is 5.32 Å².